The molecule has 1 N–H and O–H groups in total. The lowest BCUT2D eigenvalue weighted by Crippen LogP contribution is -2.70. The van der Waals surface area contributed by atoms with Crippen molar-refractivity contribution in [3.05, 3.63) is 0 Å². The highest BCUT2D eigenvalue weighted by Gasteiger charge is 2.90. The quantitative estimate of drug-likeness (QED) is 0.284. The van der Waals surface area contributed by atoms with E-state index < -0.39 is 80.1 Å². The molecule has 0 rings (SSSR count). The van der Waals surface area contributed by atoms with Gasteiger partial charge in [-0.15, -0.1) is 11.8 Å². The second-order valence-electron chi connectivity index (χ2n) is 6.66. The molecule has 188 valence electrons. The zero-order valence-electron chi connectivity index (χ0n) is 14.9. The molecule has 0 aliphatic heterocycles. The fourth-order valence-electron chi connectivity index (χ4n) is 1.56. The standard InChI is InChI=1S/C12H12F14O3S2/c1-6(2,31(27,28)29)4-30-5(13)3-7(14,15)8(16,17)9(18,19)10(20,21)11(22,23)12(24,25)26/h5H,3-4H2,1-2H3,(H,27,28,29). The van der Waals surface area contributed by atoms with Crippen LogP contribution in [0.4, 0.5) is 61.5 Å². The van der Waals surface area contributed by atoms with E-state index in [0.29, 0.717) is 13.8 Å². The molecule has 0 heterocycles. The summed E-state index contributed by atoms with van der Waals surface area (Å²) in [6.45, 7) is 1.37. The summed E-state index contributed by atoms with van der Waals surface area (Å²) < 4.78 is 210. The normalized spacial score (nSPS) is 17.1. The minimum absolute atomic E-state index is 0.599. The number of rotatable bonds is 10. The van der Waals surface area contributed by atoms with Crippen LogP contribution in [0.1, 0.15) is 20.3 Å². The molecule has 0 saturated heterocycles. The Morgan fingerprint density at radius 2 is 1.10 bits per heavy atom. The molecule has 0 amide bonds. The fraction of sp³-hybridized carbons (Fsp3) is 1.00. The third-order valence-electron chi connectivity index (χ3n) is 3.73. The van der Waals surface area contributed by atoms with Gasteiger partial charge in [0.15, 0.2) is 5.50 Å². The Morgan fingerprint density at radius 3 is 1.42 bits per heavy atom. The lowest BCUT2D eigenvalue weighted by molar-refractivity contribution is -0.440. The van der Waals surface area contributed by atoms with E-state index in [-0.39, 0.29) is 0 Å². The summed E-state index contributed by atoms with van der Waals surface area (Å²) in [6.07, 6.45) is -10.7. The van der Waals surface area contributed by atoms with Crippen molar-refractivity contribution in [1.82, 2.24) is 0 Å². The average molecular weight is 534 g/mol. The van der Waals surface area contributed by atoms with Crippen molar-refractivity contribution in [2.45, 2.75) is 66.3 Å². The number of hydrogen-bond donors (Lipinski definition) is 1. The van der Waals surface area contributed by atoms with Crippen molar-refractivity contribution >= 4 is 21.9 Å². The lowest BCUT2D eigenvalue weighted by atomic mass is 9.93. The highest BCUT2D eigenvalue weighted by molar-refractivity contribution is 8.00. The fourth-order valence-corrected chi connectivity index (χ4v) is 3.27. The summed E-state index contributed by atoms with van der Waals surface area (Å²) in [5, 5.41) is 0. The topological polar surface area (TPSA) is 54.4 Å². The molecule has 0 spiro atoms. The van der Waals surface area contributed by atoms with Crippen LogP contribution in [0.25, 0.3) is 0 Å². The third kappa shape index (κ3) is 5.27. The first-order valence-electron chi connectivity index (χ1n) is 7.28. The maximum Gasteiger partial charge on any atom is 0.460 e. The van der Waals surface area contributed by atoms with Gasteiger partial charge < -0.3 is 0 Å². The molecule has 0 radical (unpaired) electrons. The van der Waals surface area contributed by atoms with Gasteiger partial charge in [-0.1, -0.05) is 0 Å². The second kappa shape index (κ2) is 8.25. The Hall–Kier alpha value is -0.720. The monoisotopic (exact) mass is 534 g/mol. The Bertz CT molecular complexity index is 744. The highest BCUT2D eigenvalue weighted by atomic mass is 32.2. The maximum absolute atomic E-state index is 13.6. The summed E-state index contributed by atoms with van der Waals surface area (Å²) in [5.41, 5.74) is -3.44. The number of thioether (sulfide) groups is 1. The molecule has 0 fully saturated rings. The number of halogens is 14. The molecule has 0 aliphatic carbocycles. The number of hydrogen-bond acceptors (Lipinski definition) is 3. The van der Waals surface area contributed by atoms with Crippen LogP contribution in [0.3, 0.4) is 0 Å². The van der Waals surface area contributed by atoms with Crippen LogP contribution in [0.5, 0.6) is 0 Å². The van der Waals surface area contributed by atoms with Gasteiger partial charge in [0.05, 0.1) is 6.42 Å². The molecule has 0 aromatic heterocycles. The molecular weight excluding hydrogens is 522 g/mol. The maximum atomic E-state index is 13.6. The molecule has 1 unspecified atom stereocenters. The van der Waals surface area contributed by atoms with Crippen LogP contribution in [0.15, 0.2) is 0 Å². The molecule has 0 saturated carbocycles. The zero-order valence-corrected chi connectivity index (χ0v) is 16.5. The van der Waals surface area contributed by atoms with Gasteiger partial charge in [-0.2, -0.15) is 65.5 Å². The molecule has 19 heteroatoms. The number of alkyl halides is 14. The van der Waals surface area contributed by atoms with Gasteiger partial charge in [0.1, 0.15) is 4.75 Å². The Kier molecular flexibility index (Phi) is 8.06. The van der Waals surface area contributed by atoms with E-state index in [0.717, 1.165) is 0 Å². The molecule has 0 aliphatic rings. The smallest absolute Gasteiger partial charge is 0.285 e. The summed E-state index contributed by atoms with van der Waals surface area (Å²) in [5.74, 6) is -39.4. The van der Waals surface area contributed by atoms with Crippen LogP contribution in [-0.4, -0.2) is 64.8 Å². The Labute approximate surface area is 169 Å². The van der Waals surface area contributed by atoms with Gasteiger partial charge in [0.2, 0.25) is 0 Å². The van der Waals surface area contributed by atoms with E-state index in [4.69, 9.17) is 4.55 Å². The van der Waals surface area contributed by atoms with Crippen LogP contribution < -0.4 is 0 Å². The van der Waals surface area contributed by atoms with Gasteiger partial charge in [-0.05, 0) is 13.8 Å². The molecule has 31 heavy (non-hydrogen) atoms. The van der Waals surface area contributed by atoms with E-state index in [2.05, 4.69) is 0 Å². The van der Waals surface area contributed by atoms with E-state index in [1.165, 1.54) is 0 Å². The van der Waals surface area contributed by atoms with E-state index in [1.807, 2.05) is 0 Å². The summed E-state index contributed by atoms with van der Waals surface area (Å²) in [6, 6.07) is 0. The minimum Gasteiger partial charge on any atom is -0.285 e. The van der Waals surface area contributed by atoms with Gasteiger partial charge in [0, 0.05) is 5.75 Å². The molecular formula is C12H12F14O3S2. The lowest BCUT2D eigenvalue weighted by Gasteiger charge is -2.40. The first kappa shape index (κ1) is 30.3. The predicted molar refractivity (Wildman–Crippen MR) is 78.4 cm³/mol. The van der Waals surface area contributed by atoms with Crippen LogP contribution in [-0.2, 0) is 10.1 Å². The van der Waals surface area contributed by atoms with Crippen molar-refractivity contribution in [1.29, 1.82) is 0 Å². The zero-order chi connectivity index (χ0) is 25.7. The SMILES string of the molecule is CC(C)(CSC(F)CC(F)(F)C(F)(F)C(F)(F)C(F)(F)C(F)(F)C(F)(F)F)S(=O)(=O)O. The minimum atomic E-state index is -8.09. The van der Waals surface area contributed by atoms with E-state index >= 15 is 0 Å². The summed E-state index contributed by atoms with van der Waals surface area (Å²) in [7, 11) is -4.98. The molecule has 3 nitrogen and oxygen atoms in total. The molecule has 0 aromatic rings. The largest absolute Gasteiger partial charge is 0.460 e. The van der Waals surface area contributed by atoms with E-state index in [9.17, 15) is 69.9 Å². The third-order valence-corrected chi connectivity index (χ3v) is 6.87. The van der Waals surface area contributed by atoms with Gasteiger partial charge in [0.25, 0.3) is 10.1 Å². The average Bonchev–Trinajstić information content (AvgIpc) is 2.49. The molecule has 0 bridgehead atoms. The van der Waals surface area contributed by atoms with Crippen molar-refractivity contribution in [2.75, 3.05) is 5.75 Å². The molecule has 1 atom stereocenters. The van der Waals surface area contributed by atoms with Gasteiger partial charge >= 0.3 is 35.8 Å². The van der Waals surface area contributed by atoms with E-state index in [1.54, 1.807) is 0 Å². The van der Waals surface area contributed by atoms with Crippen molar-refractivity contribution in [3.8, 4) is 0 Å². The van der Waals surface area contributed by atoms with Crippen LogP contribution in [0, 0.1) is 0 Å². The summed E-state index contributed by atoms with van der Waals surface area (Å²) >= 11 is -0.599. The van der Waals surface area contributed by atoms with Gasteiger partial charge in [-0.25, -0.2) is 4.39 Å². The first-order valence-corrected chi connectivity index (χ1v) is 9.77. The van der Waals surface area contributed by atoms with Crippen molar-refractivity contribution < 1.29 is 74.4 Å². The van der Waals surface area contributed by atoms with Gasteiger partial charge in [-0.3, -0.25) is 4.55 Å². The highest BCUT2D eigenvalue weighted by Crippen LogP contribution is 2.61. The van der Waals surface area contributed by atoms with Crippen LogP contribution in [0.2, 0.25) is 0 Å². The van der Waals surface area contributed by atoms with Crippen molar-refractivity contribution in [2.24, 2.45) is 0 Å². The van der Waals surface area contributed by atoms with Crippen LogP contribution >= 0.6 is 11.8 Å². The molecule has 0 aromatic carbocycles. The Balaban J connectivity index is 5.87. The second-order valence-corrected chi connectivity index (χ2v) is 9.85. The van der Waals surface area contributed by atoms with Crippen molar-refractivity contribution in [3.63, 3.8) is 0 Å². The predicted octanol–water partition coefficient (Wildman–Crippen LogP) is 5.81. The first-order chi connectivity index (χ1) is 13.1. The summed E-state index contributed by atoms with van der Waals surface area (Å²) in [4.78, 5) is 0. The Morgan fingerprint density at radius 1 is 0.742 bits per heavy atom.